The van der Waals surface area contributed by atoms with E-state index in [1.807, 2.05) is 0 Å². The summed E-state index contributed by atoms with van der Waals surface area (Å²) in [6.07, 6.45) is -4.69. The Morgan fingerprint density at radius 1 is 1.00 bits per heavy atom. The van der Waals surface area contributed by atoms with Crippen molar-refractivity contribution in [3.05, 3.63) is 74.6 Å². The van der Waals surface area contributed by atoms with Crippen LogP contribution in [0.4, 0.5) is 23.2 Å². The van der Waals surface area contributed by atoms with Crippen molar-refractivity contribution in [2.24, 2.45) is 0 Å². The number of piperazine rings is 1. The van der Waals surface area contributed by atoms with Gasteiger partial charge in [0.05, 0.1) is 21.6 Å². The Morgan fingerprint density at radius 3 is 2.10 bits per heavy atom. The molecular weight excluding hydrogens is 422 g/mol. The molecule has 3 rings (SSSR count). The number of halogens is 4. The van der Waals surface area contributed by atoms with E-state index in [1.165, 1.54) is 28.9 Å². The molecule has 1 heterocycles. The molecule has 11 heteroatoms. The lowest BCUT2D eigenvalue weighted by molar-refractivity contribution is -0.385. The minimum Gasteiger partial charge on any atom is -0.335 e. The predicted octanol–water partition coefficient (Wildman–Crippen LogP) is 3.66. The highest BCUT2D eigenvalue weighted by atomic mass is 19.4. The van der Waals surface area contributed by atoms with Gasteiger partial charge in [-0.25, -0.2) is 4.39 Å². The quantitative estimate of drug-likeness (QED) is 0.415. The fourth-order valence-electron chi connectivity index (χ4n) is 3.36. The van der Waals surface area contributed by atoms with Gasteiger partial charge in [0.15, 0.2) is 0 Å². The Bertz CT molecular complexity index is 1050. The third-order valence-electron chi connectivity index (χ3n) is 5.08. The van der Waals surface area contributed by atoms with Gasteiger partial charge in [0, 0.05) is 37.8 Å². The molecule has 31 heavy (non-hydrogen) atoms. The molecule has 1 aliphatic rings. The van der Waals surface area contributed by atoms with Crippen LogP contribution in [0.1, 0.15) is 31.8 Å². The summed E-state index contributed by atoms with van der Waals surface area (Å²) in [5.74, 6) is -2.36. The molecule has 1 aliphatic heterocycles. The summed E-state index contributed by atoms with van der Waals surface area (Å²) in [6.45, 7) is 1.13. The highest BCUT2D eigenvalue weighted by molar-refractivity contribution is 5.97. The van der Waals surface area contributed by atoms with Gasteiger partial charge in [0.1, 0.15) is 5.82 Å². The molecule has 0 bridgehead atoms. The first-order chi connectivity index (χ1) is 14.5. The van der Waals surface area contributed by atoms with Crippen molar-refractivity contribution in [3.63, 3.8) is 0 Å². The Hall–Kier alpha value is -3.50. The lowest BCUT2D eigenvalue weighted by Crippen LogP contribution is -2.50. The summed E-state index contributed by atoms with van der Waals surface area (Å²) in [5, 5.41) is 11.1. The Morgan fingerprint density at radius 2 is 1.55 bits per heavy atom. The summed E-state index contributed by atoms with van der Waals surface area (Å²) < 4.78 is 53.5. The van der Waals surface area contributed by atoms with Gasteiger partial charge in [-0.3, -0.25) is 19.7 Å². The molecule has 1 fully saturated rings. The molecule has 0 N–H and O–H groups in total. The van der Waals surface area contributed by atoms with E-state index in [-0.39, 0.29) is 37.3 Å². The summed E-state index contributed by atoms with van der Waals surface area (Å²) in [5.41, 5.74) is -2.45. The van der Waals surface area contributed by atoms with Gasteiger partial charge in [0.25, 0.3) is 17.5 Å². The van der Waals surface area contributed by atoms with Gasteiger partial charge >= 0.3 is 6.18 Å². The second-order valence-corrected chi connectivity index (χ2v) is 6.99. The maximum atomic E-state index is 14.0. The molecule has 2 aromatic carbocycles. The minimum absolute atomic E-state index is 0.0119. The predicted molar refractivity (Wildman–Crippen MR) is 101 cm³/mol. The lowest BCUT2D eigenvalue weighted by atomic mass is 10.0. The van der Waals surface area contributed by atoms with E-state index in [1.54, 1.807) is 0 Å². The van der Waals surface area contributed by atoms with Crippen LogP contribution in [0.25, 0.3) is 0 Å². The lowest BCUT2D eigenvalue weighted by Gasteiger charge is -2.35. The van der Waals surface area contributed by atoms with Crippen molar-refractivity contribution in [1.82, 2.24) is 9.80 Å². The first kappa shape index (κ1) is 22.2. The number of nitrogens with zero attached hydrogens (tertiary/aromatic N) is 3. The van der Waals surface area contributed by atoms with Gasteiger partial charge in [-0.1, -0.05) is 12.1 Å². The minimum atomic E-state index is -4.69. The summed E-state index contributed by atoms with van der Waals surface area (Å²) >= 11 is 0. The second kappa shape index (κ2) is 8.32. The van der Waals surface area contributed by atoms with E-state index >= 15 is 0 Å². The standard InChI is InChI=1S/C20H17F4N3O4/c1-12-16(21)10-13(11-17(12)27(30)31)18(28)25-6-8-26(9-7-25)19(29)14-4-2-3-5-15(14)20(22,23)24/h2-5,10-11H,6-9H2,1H3. The van der Waals surface area contributed by atoms with E-state index in [0.717, 1.165) is 24.3 Å². The molecule has 0 aromatic heterocycles. The van der Waals surface area contributed by atoms with Crippen molar-refractivity contribution < 1.29 is 32.1 Å². The van der Waals surface area contributed by atoms with Crippen molar-refractivity contribution in [1.29, 1.82) is 0 Å². The average molecular weight is 439 g/mol. The largest absolute Gasteiger partial charge is 0.417 e. The summed E-state index contributed by atoms with van der Waals surface area (Å²) in [7, 11) is 0. The van der Waals surface area contributed by atoms with E-state index in [9.17, 15) is 37.3 Å². The molecule has 2 aromatic rings. The second-order valence-electron chi connectivity index (χ2n) is 6.99. The third-order valence-corrected chi connectivity index (χ3v) is 5.08. The summed E-state index contributed by atoms with van der Waals surface area (Å²) in [6, 6.07) is 6.33. The number of carbonyl (C=O) groups excluding carboxylic acids is 2. The van der Waals surface area contributed by atoms with E-state index in [2.05, 4.69) is 0 Å². The number of hydrogen-bond acceptors (Lipinski definition) is 4. The van der Waals surface area contributed by atoms with Crippen LogP contribution in [0.2, 0.25) is 0 Å². The van der Waals surface area contributed by atoms with Gasteiger partial charge in [0.2, 0.25) is 0 Å². The topological polar surface area (TPSA) is 83.8 Å². The van der Waals surface area contributed by atoms with Gasteiger partial charge in [-0.2, -0.15) is 13.2 Å². The number of amides is 2. The van der Waals surface area contributed by atoms with Crippen molar-refractivity contribution in [3.8, 4) is 0 Å². The maximum Gasteiger partial charge on any atom is 0.417 e. The molecule has 0 spiro atoms. The van der Waals surface area contributed by atoms with Crippen LogP contribution in [-0.4, -0.2) is 52.7 Å². The monoisotopic (exact) mass is 439 g/mol. The van der Waals surface area contributed by atoms with Gasteiger partial charge < -0.3 is 9.80 Å². The van der Waals surface area contributed by atoms with Crippen molar-refractivity contribution in [2.45, 2.75) is 13.1 Å². The van der Waals surface area contributed by atoms with Crippen LogP contribution in [0.3, 0.4) is 0 Å². The molecular formula is C20H17F4N3O4. The van der Waals surface area contributed by atoms with E-state index in [0.29, 0.717) is 0 Å². The van der Waals surface area contributed by atoms with Crippen LogP contribution in [0.5, 0.6) is 0 Å². The molecule has 164 valence electrons. The van der Waals surface area contributed by atoms with E-state index < -0.39 is 45.5 Å². The van der Waals surface area contributed by atoms with Crippen LogP contribution in [-0.2, 0) is 6.18 Å². The highest BCUT2D eigenvalue weighted by Gasteiger charge is 2.36. The molecule has 0 atom stereocenters. The van der Waals surface area contributed by atoms with E-state index in [4.69, 9.17) is 0 Å². The van der Waals surface area contributed by atoms with Crippen LogP contribution < -0.4 is 0 Å². The van der Waals surface area contributed by atoms with Crippen molar-refractivity contribution in [2.75, 3.05) is 26.2 Å². The normalized spacial score (nSPS) is 14.5. The van der Waals surface area contributed by atoms with Gasteiger partial charge in [-0.15, -0.1) is 0 Å². The highest BCUT2D eigenvalue weighted by Crippen LogP contribution is 2.32. The van der Waals surface area contributed by atoms with Crippen LogP contribution >= 0.6 is 0 Å². The zero-order chi connectivity index (χ0) is 22.9. The van der Waals surface area contributed by atoms with Crippen LogP contribution in [0.15, 0.2) is 36.4 Å². The number of hydrogen-bond donors (Lipinski definition) is 0. The first-order valence-electron chi connectivity index (χ1n) is 9.20. The average Bonchev–Trinajstić information content (AvgIpc) is 2.73. The molecule has 7 nitrogen and oxygen atoms in total. The zero-order valence-corrected chi connectivity index (χ0v) is 16.3. The number of alkyl halides is 3. The molecule has 1 saturated heterocycles. The fourth-order valence-corrected chi connectivity index (χ4v) is 3.36. The van der Waals surface area contributed by atoms with Crippen LogP contribution in [0, 0.1) is 22.9 Å². The number of carbonyl (C=O) groups is 2. The molecule has 2 amide bonds. The Labute approximate surface area is 174 Å². The van der Waals surface area contributed by atoms with Crippen molar-refractivity contribution >= 4 is 17.5 Å². The molecule has 0 radical (unpaired) electrons. The molecule has 0 unspecified atom stereocenters. The Kier molecular flexibility index (Phi) is 5.96. The molecule has 0 aliphatic carbocycles. The number of nitro groups is 1. The zero-order valence-electron chi connectivity index (χ0n) is 16.3. The third kappa shape index (κ3) is 4.49. The fraction of sp³-hybridized carbons (Fsp3) is 0.300. The smallest absolute Gasteiger partial charge is 0.335 e. The number of benzene rings is 2. The number of nitro benzene ring substituents is 1. The first-order valence-corrected chi connectivity index (χ1v) is 9.20. The Balaban J connectivity index is 1.74. The summed E-state index contributed by atoms with van der Waals surface area (Å²) in [4.78, 5) is 38.0. The van der Waals surface area contributed by atoms with Gasteiger partial charge in [-0.05, 0) is 25.1 Å². The SMILES string of the molecule is Cc1c(F)cc(C(=O)N2CCN(C(=O)c3ccccc3C(F)(F)F)CC2)cc1[N+](=O)[O-]. The number of rotatable bonds is 3. The molecule has 0 saturated carbocycles. The maximum absolute atomic E-state index is 14.0.